The highest BCUT2D eigenvalue weighted by molar-refractivity contribution is 9.11. The summed E-state index contributed by atoms with van der Waals surface area (Å²) in [5.41, 5.74) is 3.05. The van der Waals surface area contributed by atoms with Crippen LogP contribution in [0.2, 0.25) is 0 Å². The van der Waals surface area contributed by atoms with E-state index in [0.29, 0.717) is 36.1 Å². The number of thiophene rings is 2. The highest BCUT2D eigenvalue weighted by Gasteiger charge is 2.50. The molecule has 0 fully saturated rings. The van der Waals surface area contributed by atoms with E-state index in [1.807, 2.05) is 4.90 Å². The zero-order chi connectivity index (χ0) is 37.8. The first-order valence-corrected chi connectivity index (χ1v) is 24.4. The second kappa shape index (κ2) is 24.7. The molecule has 0 aliphatic carbocycles. The Morgan fingerprint density at radius 1 is 0.528 bits per heavy atom. The molecule has 2 aliphatic heterocycles. The molecule has 2 amide bonds. The Balaban J connectivity index is 1.66. The highest BCUT2D eigenvalue weighted by Crippen LogP contribution is 2.49. The second-order valence-electron chi connectivity index (χ2n) is 15.9. The lowest BCUT2D eigenvalue weighted by atomic mass is 9.93. The third-order valence-electron chi connectivity index (χ3n) is 11.5. The van der Waals surface area contributed by atoms with Crippen LogP contribution in [-0.4, -0.2) is 34.7 Å². The number of halogens is 1. The van der Waals surface area contributed by atoms with Gasteiger partial charge in [0.1, 0.15) is 0 Å². The molecule has 53 heavy (non-hydrogen) atoms. The molecular formula is C46H71BrN2O2S2. The van der Waals surface area contributed by atoms with Crippen LogP contribution in [0.25, 0.3) is 11.4 Å². The summed E-state index contributed by atoms with van der Waals surface area (Å²) in [7, 11) is 0. The quantitative estimate of drug-likeness (QED) is 0.0736. The van der Waals surface area contributed by atoms with Crippen LogP contribution in [0.15, 0.2) is 44.6 Å². The Morgan fingerprint density at radius 3 is 1.30 bits per heavy atom. The summed E-state index contributed by atoms with van der Waals surface area (Å²) in [5, 5.41) is 2.09. The van der Waals surface area contributed by atoms with Gasteiger partial charge < -0.3 is 9.80 Å². The molecule has 4 heterocycles. The SMILES string of the molecule is CCCCCCCCC(CCCCCC)CN1C(=O)C2=C(c3ccc(Br)s3)N(CC(CCCCCC)CCCCCCCC)C(=O)C2=C1c1cccs1. The summed E-state index contributed by atoms with van der Waals surface area (Å²) in [6.45, 7) is 10.5. The van der Waals surface area contributed by atoms with Crippen molar-refractivity contribution in [3.8, 4) is 0 Å². The first kappa shape index (κ1) is 44.0. The van der Waals surface area contributed by atoms with Crippen molar-refractivity contribution in [3.05, 3.63) is 54.3 Å². The fraction of sp³-hybridized carbons (Fsp3) is 0.696. The van der Waals surface area contributed by atoms with Crippen molar-refractivity contribution in [3.63, 3.8) is 0 Å². The molecule has 2 aromatic heterocycles. The highest BCUT2D eigenvalue weighted by atomic mass is 79.9. The number of amides is 2. The maximum atomic E-state index is 15.0. The molecule has 0 spiro atoms. The van der Waals surface area contributed by atoms with E-state index < -0.39 is 0 Å². The Hall–Kier alpha value is -1.70. The zero-order valence-electron chi connectivity index (χ0n) is 33.8. The number of nitrogens with zero attached hydrogens (tertiary/aromatic N) is 2. The smallest absolute Gasteiger partial charge is 0.261 e. The Labute approximate surface area is 340 Å². The average Bonchev–Trinajstić information content (AvgIpc) is 3.95. The fourth-order valence-electron chi connectivity index (χ4n) is 8.43. The van der Waals surface area contributed by atoms with Crippen LogP contribution in [0, 0.1) is 11.8 Å². The number of hydrogen-bond donors (Lipinski definition) is 0. The normalized spacial score (nSPS) is 15.8. The number of hydrogen-bond acceptors (Lipinski definition) is 4. The van der Waals surface area contributed by atoms with Crippen LogP contribution in [0.3, 0.4) is 0 Å². The molecule has 7 heteroatoms. The Kier molecular flexibility index (Phi) is 20.5. The van der Waals surface area contributed by atoms with Crippen LogP contribution in [0.1, 0.15) is 192 Å². The van der Waals surface area contributed by atoms with Crippen molar-refractivity contribution in [2.75, 3.05) is 13.1 Å². The average molecular weight is 828 g/mol. The van der Waals surface area contributed by atoms with Crippen molar-refractivity contribution in [1.82, 2.24) is 9.80 Å². The van der Waals surface area contributed by atoms with Crippen molar-refractivity contribution >= 4 is 61.8 Å². The maximum Gasteiger partial charge on any atom is 0.261 e. The van der Waals surface area contributed by atoms with Gasteiger partial charge >= 0.3 is 0 Å². The van der Waals surface area contributed by atoms with E-state index in [1.165, 1.54) is 128 Å². The van der Waals surface area contributed by atoms with Crippen molar-refractivity contribution in [2.45, 2.75) is 182 Å². The molecule has 0 radical (unpaired) electrons. The third kappa shape index (κ3) is 13.2. The fourth-order valence-corrected chi connectivity index (χ4v) is 10.7. The molecule has 2 aliphatic rings. The lowest BCUT2D eigenvalue weighted by molar-refractivity contribution is -0.124. The van der Waals surface area contributed by atoms with Crippen LogP contribution >= 0.6 is 38.6 Å². The van der Waals surface area contributed by atoms with Gasteiger partial charge in [0, 0.05) is 13.1 Å². The van der Waals surface area contributed by atoms with Crippen molar-refractivity contribution in [2.24, 2.45) is 11.8 Å². The first-order chi connectivity index (χ1) is 25.9. The summed E-state index contributed by atoms with van der Waals surface area (Å²) in [6, 6.07) is 8.37. The van der Waals surface area contributed by atoms with E-state index in [9.17, 15) is 0 Å². The molecule has 0 N–H and O–H groups in total. The van der Waals surface area contributed by atoms with Gasteiger partial charge in [0.15, 0.2) is 0 Å². The number of rotatable bonds is 30. The lowest BCUT2D eigenvalue weighted by Crippen LogP contribution is -2.34. The standard InChI is InChI=1S/C46H71BrN2O2S2/c1-5-9-13-17-19-23-28-36(26-21-15-11-7-3)34-48-43(38-30-25-33-52-38)41-42(46(48)51)44(39-31-32-40(47)53-39)49(45(41)50)35-37(27-22-16-12-8-4)29-24-20-18-14-10-6-2/h25,30-33,36-37H,5-24,26-29,34-35H2,1-4H3. The molecular weight excluding hydrogens is 757 g/mol. The van der Waals surface area contributed by atoms with Crippen LogP contribution in [0.4, 0.5) is 0 Å². The topological polar surface area (TPSA) is 40.6 Å². The lowest BCUT2D eigenvalue weighted by Gasteiger charge is -2.29. The van der Waals surface area contributed by atoms with Gasteiger partial charge in [-0.2, -0.15) is 0 Å². The van der Waals surface area contributed by atoms with Crippen molar-refractivity contribution < 1.29 is 9.59 Å². The van der Waals surface area contributed by atoms with Gasteiger partial charge in [-0.15, -0.1) is 22.7 Å². The first-order valence-electron chi connectivity index (χ1n) is 21.9. The Morgan fingerprint density at radius 2 is 0.925 bits per heavy atom. The van der Waals surface area contributed by atoms with Gasteiger partial charge in [0.05, 0.1) is 36.1 Å². The summed E-state index contributed by atoms with van der Waals surface area (Å²) in [6.07, 6.45) is 29.9. The summed E-state index contributed by atoms with van der Waals surface area (Å²) in [4.78, 5) is 36.2. The molecule has 0 aromatic carbocycles. The predicted octanol–water partition coefficient (Wildman–Crippen LogP) is 15.1. The molecule has 4 rings (SSSR count). The van der Waals surface area contributed by atoms with E-state index in [1.54, 1.807) is 22.7 Å². The molecule has 2 aromatic rings. The Bertz CT molecular complexity index is 1430. The van der Waals surface area contributed by atoms with E-state index in [4.69, 9.17) is 0 Å². The minimum absolute atomic E-state index is 0.0377. The van der Waals surface area contributed by atoms with Gasteiger partial charge in [0.25, 0.3) is 11.8 Å². The van der Waals surface area contributed by atoms with E-state index in [-0.39, 0.29) is 11.8 Å². The molecule has 2 unspecified atom stereocenters. The minimum atomic E-state index is 0.0377. The van der Waals surface area contributed by atoms with Gasteiger partial charge in [-0.1, -0.05) is 162 Å². The van der Waals surface area contributed by atoms with Crippen molar-refractivity contribution in [1.29, 1.82) is 0 Å². The van der Waals surface area contributed by atoms with E-state index in [0.717, 1.165) is 50.6 Å². The van der Waals surface area contributed by atoms with Crippen LogP contribution in [-0.2, 0) is 9.59 Å². The third-order valence-corrected chi connectivity index (χ3v) is 14.0. The monoisotopic (exact) mass is 826 g/mol. The zero-order valence-corrected chi connectivity index (χ0v) is 37.1. The van der Waals surface area contributed by atoms with Gasteiger partial charge in [-0.05, 0) is 77.0 Å². The molecule has 2 atom stereocenters. The summed E-state index contributed by atoms with van der Waals surface area (Å²) < 4.78 is 1.03. The van der Waals surface area contributed by atoms with Gasteiger partial charge in [-0.25, -0.2) is 0 Å². The molecule has 0 saturated carbocycles. The number of unbranched alkanes of at least 4 members (excludes halogenated alkanes) is 16. The number of carbonyl (C=O) groups is 2. The van der Waals surface area contributed by atoms with Crippen LogP contribution < -0.4 is 0 Å². The number of carbonyl (C=O) groups excluding carboxylic acids is 2. The maximum absolute atomic E-state index is 15.0. The summed E-state index contributed by atoms with van der Waals surface area (Å²) in [5.74, 6) is 0.945. The number of fused-ring (bicyclic) bond motifs is 1. The van der Waals surface area contributed by atoms with E-state index in [2.05, 4.69) is 78.2 Å². The van der Waals surface area contributed by atoms with Crippen LogP contribution in [0.5, 0.6) is 0 Å². The predicted molar refractivity (Wildman–Crippen MR) is 234 cm³/mol. The van der Waals surface area contributed by atoms with Gasteiger partial charge in [0.2, 0.25) is 0 Å². The molecule has 296 valence electrons. The second-order valence-corrected chi connectivity index (χ2v) is 19.3. The molecule has 4 nitrogen and oxygen atoms in total. The van der Waals surface area contributed by atoms with E-state index >= 15 is 9.59 Å². The molecule has 0 saturated heterocycles. The van der Waals surface area contributed by atoms with Gasteiger partial charge in [-0.3, -0.25) is 9.59 Å². The summed E-state index contributed by atoms with van der Waals surface area (Å²) >= 11 is 7.02. The molecule has 0 bridgehead atoms. The largest absolute Gasteiger partial charge is 0.306 e. The minimum Gasteiger partial charge on any atom is -0.306 e.